The van der Waals surface area contributed by atoms with Crippen LogP contribution in [0.3, 0.4) is 0 Å². The molecule has 1 aromatic rings. The number of guanidine groups is 1. The van der Waals surface area contributed by atoms with Crippen molar-refractivity contribution in [2.45, 2.75) is 63.5 Å². The van der Waals surface area contributed by atoms with E-state index in [1.807, 2.05) is 18.4 Å². The molecule has 0 aromatic carbocycles. The SMILES string of the molecule is CN=C(NCC(c1cccs1)N1CCCC1)NC1CCN(C(=O)C2CCCCC2)C1.I. The van der Waals surface area contributed by atoms with Crippen LogP contribution in [-0.2, 0) is 4.79 Å². The van der Waals surface area contributed by atoms with Crippen molar-refractivity contribution in [3.05, 3.63) is 22.4 Å². The maximum absolute atomic E-state index is 12.8. The van der Waals surface area contributed by atoms with Gasteiger partial charge in [-0.25, -0.2) is 0 Å². The van der Waals surface area contributed by atoms with E-state index in [9.17, 15) is 4.79 Å². The highest BCUT2D eigenvalue weighted by Gasteiger charge is 2.32. The molecule has 4 rings (SSSR count). The first kappa shape index (κ1) is 24.8. The standard InChI is InChI=1S/C23H37N5OS.HI/c1-24-23(25-16-20(21-10-7-15-30-21)27-12-5-6-13-27)26-19-11-14-28(17-19)22(29)18-8-3-2-4-9-18;/h7,10,15,18-20H,2-6,8-9,11-14,16-17H2,1H3,(H2,24,25,26);1H. The minimum Gasteiger partial charge on any atom is -0.354 e. The van der Waals surface area contributed by atoms with Crippen molar-refractivity contribution < 1.29 is 4.79 Å². The van der Waals surface area contributed by atoms with Gasteiger partial charge in [0.15, 0.2) is 5.96 Å². The lowest BCUT2D eigenvalue weighted by Gasteiger charge is -2.28. The van der Waals surface area contributed by atoms with E-state index in [0.29, 0.717) is 11.9 Å². The monoisotopic (exact) mass is 559 g/mol. The molecule has 1 aromatic heterocycles. The van der Waals surface area contributed by atoms with Gasteiger partial charge in [0.05, 0.1) is 6.04 Å². The van der Waals surface area contributed by atoms with E-state index < -0.39 is 0 Å². The number of likely N-dealkylation sites (tertiary alicyclic amines) is 2. The van der Waals surface area contributed by atoms with Crippen LogP contribution in [0.25, 0.3) is 0 Å². The fraction of sp³-hybridized carbons (Fsp3) is 0.739. The normalized spacial score (nSPS) is 24.1. The fourth-order valence-corrected chi connectivity index (χ4v) is 6.07. The van der Waals surface area contributed by atoms with Gasteiger partial charge in [0, 0.05) is 43.5 Å². The highest BCUT2D eigenvalue weighted by Crippen LogP contribution is 2.28. The molecular formula is C23H38IN5OS. The second kappa shape index (κ2) is 12.4. The molecule has 1 saturated carbocycles. The van der Waals surface area contributed by atoms with Gasteiger partial charge in [-0.2, -0.15) is 0 Å². The van der Waals surface area contributed by atoms with Gasteiger partial charge >= 0.3 is 0 Å². The number of hydrogen-bond donors (Lipinski definition) is 2. The molecule has 3 heterocycles. The number of nitrogens with zero attached hydrogens (tertiary/aromatic N) is 3. The number of aliphatic imine (C=N–C) groups is 1. The molecule has 1 amide bonds. The second-order valence-electron chi connectivity index (χ2n) is 8.98. The maximum atomic E-state index is 12.8. The van der Waals surface area contributed by atoms with Gasteiger partial charge in [-0.1, -0.05) is 25.3 Å². The number of hydrogen-bond acceptors (Lipinski definition) is 4. The number of halogens is 1. The zero-order chi connectivity index (χ0) is 20.8. The van der Waals surface area contributed by atoms with Crippen LogP contribution < -0.4 is 10.6 Å². The van der Waals surface area contributed by atoms with Crippen molar-refractivity contribution in [3.8, 4) is 0 Å². The number of carbonyl (C=O) groups is 1. The highest BCUT2D eigenvalue weighted by atomic mass is 127. The maximum Gasteiger partial charge on any atom is 0.225 e. The molecule has 2 N–H and O–H groups in total. The van der Waals surface area contributed by atoms with Crippen LogP contribution in [0, 0.1) is 5.92 Å². The average molecular weight is 560 g/mol. The van der Waals surface area contributed by atoms with Crippen LogP contribution in [0.4, 0.5) is 0 Å². The molecule has 31 heavy (non-hydrogen) atoms. The molecular weight excluding hydrogens is 521 g/mol. The van der Waals surface area contributed by atoms with Crippen molar-refractivity contribution in [3.63, 3.8) is 0 Å². The highest BCUT2D eigenvalue weighted by molar-refractivity contribution is 14.0. The predicted molar refractivity (Wildman–Crippen MR) is 139 cm³/mol. The van der Waals surface area contributed by atoms with E-state index in [2.05, 4.69) is 42.9 Å². The smallest absolute Gasteiger partial charge is 0.225 e. The van der Waals surface area contributed by atoms with Crippen LogP contribution in [0.15, 0.2) is 22.5 Å². The summed E-state index contributed by atoms with van der Waals surface area (Å²) < 4.78 is 0. The summed E-state index contributed by atoms with van der Waals surface area (Å²) in [7, 11) is 1.84. The van der Waals surface area contributed by atoms with Gasteiger partial charge in [0.1, 0.15) is 0 Å². The summed E-state index contributed by atoms with van der Waals surface area (Å²) in [5.41, 5.74) is 0. The Hall–Kier alpha value is -0.870. The molecule has 2 unspecified atom stereocenters. The lowest BCUT2D eigenvalue weighted by atomic mass is 9.88. The molecule has 3 aliphatic rings. The summed E-state index contributed by atoms with van der Waals surface area (Å²) in [6.07, 6.45) is 9.47. The fourth-order valence-electron chi connectivity index (χ4n) is 5.21. The molecule has 0 spiro atoms. The zero-order valence-corrected chi connectivity index (χ0v) is 21.9. The molecule has 0 radical (unpaired) electrons. The number of rotatable bonds is 6. The third-order valence-electron chi connectivity index (χ3n) is 6.93. The van der Waals surface area contributed by atoms with E-state index in [-0.39, 0.29) is 35.9 Å². The summed E-state index contributed by atoms with van der Waals surface area (Å²) in [6, 6.07) is 5.08. The van der Waals surface area contributed by atoms with Gasteiger partial charge in [-0.3, -0.25) is 14.7 Å². The van der Waals surface area contributed by atoms with E-state index in [1.165, 1.54) is 50.1 Å². The summed E-state index contributed by atoms with van der Waals surface area (Å²) >= 11 is 1.84. The van der Waals surface area contributed by atoms with Gasteiger partial charge in [-0.15, -0.1) is 35.3 Å². The van der Waals surface area contributed by atoms with Crippen molar-refractivity contribution in [1.29, 1.82) is 0 Å². The summed E-state index contributed by atoms with van der Waals surface area (Å²) in [5, 5.41) is 9.31. The lowest BCUT2D eigenvalue weighted by molar-refractivity contribution is -0.135. The number of thiophene rings is 1. The largest absolute Gasteiger partial charge is 0.354 e. The Balaban J connectivity index is 0.00000272. The molecule has 8 heteroatoms. The molecule has 0 bridgehead atoms. The number of nitrogens with one attached hydrogen (secondary N) is 2. The van der Waals surface area contributed by atoms with Crippen LogP contribution >= 0.6 is 35.3 Å². The Labute approximate surface area is 208 Å². The quantitative estimate of drug-likeness (QED) is 0.316. The summed E-state index contributed by atoms with van der Waals surface area (Å²) in [5.74, 6) is 1.50. The molecule has 1 aliphatic carbocycles. The Morgan fingerprint density at radius 3 is 2.61 bits per heavy atom. The second-order valence-corrected chi connectivity index (χ2v) is 9.96. The van der Waals surface area contributed by atoms with Gasteiger partial charge < -0.3 is 15.5 Å². The molecule has 174 valence electrons. The predicted octanol–water partition coefficient (Wildman–Crippen LogP) is 3.85. The Kier molecular flexibility index (Phi) is 9.90. The Bertz CT molecular complexity index is 701. The lowest BCUT2D eigenvalue weighted by Crippen LogP contribution is -2.47. The van der Waals surface area contributed by atoms with Crippen molar-refractivity contribution in [2.24, 2.45) is 10.9 Å². The van der Waals surface area contributed by atoms with Crippen LogP contribution in [0.5, 0.6) is 0 Å². The summed E-state index contributed by atoms with van der Waals surface area (Å²) in [4.78, 5) is 23.4. The van der Waals surface area contributed by atoms with Crippen LogP contribution in [0.1, 0.15) is 62.3 Å². The number of carbonyl (C=O) groups excluding carboxylic acids is 1. The van der Waals surface area contributed by atoms with Crippen LogP contribution in [-0.4, -0.2) is 67.5 Å². The first-order valence-electron chi connectivity index (χ1n) is 11.8. The third kappa shape index (κ3) is 6.57. The molecule has 2 atom stereocenters. The Morgan fingerprint density at radius 2 is 1.94 bits per heavy atom. The average Bonchev–Trinajstić information content (AvgIpc) is 3.56. The van der Waals surface area contributed by atoms with Gasteiger partial charge in [0.25, 0.3) is 0 Å². The van der Waals surface area contributed by atoms with Gasteiger partial charge in [0.2, 0.25) is 5.91 Å². The van der Waals surface area contributed by atoms with E-state index in [4.69, 9.17) is 0 Å². The Morgan fingerprint density at radius 1 is 1.16 bits per heavy atom. The molecule has 2 saturated heterocycles. The van der Waals surface area contributed by atoms with E-state index >= 15 is 0 Å². The van der Waals surface area contributed by atoms with Crippen LogP contribution in [0.2, 0.25) is 0 Å². The van der Waals surface area contributed by atoms with Gasteiger partial charge in [-0.05, 0) is 56.6 Å². The molecule has 3 fully saturated rings. The minimum atomic E-state index is 0. The minimum absolute atomic E-state index is 0. The zero-order valence-electron chi connectivity index (χ0n) is 18.7. The first-order valence-corrected chi connectivity index (χ1v) is 12.7. The van der Waals surface area contributed by atoms with E-state index in [1.54, 1.807) is 0 Å². The van der Waals surface area contributed by atoms with E-state index in [0.717, 1.165) is 44.9 Å². The van der Waals surface area contributed by atoms with Crippen molar-refractivity contribution in [1.82, 2.24) is 20.4 Å². The van der Waals surface area contributed by atoms with Crippen molar-refractivity contribution in [2.75, 3.05) is 39.8 Å². The van der Waals surface area contributed by atoms with Crippen molar-refractivity contribution >= 4 is 47.2 Å². The number of amides is 1. The summed E-state index contributed by atoms with van der Waals surface area (Å²) in [6.45, 7) is 4.89. The molecule has 2 aliphatic heterocycles. The first-order chi connectivity index (χ1) is 14.7. The topological polar surface area (TPSA) is 60.0 Å². The molecule has 6 nitrogen and oxygen atoms in total. The third-order valence-corrected chi connectivity index (χ3v) is 7.91.